The Morgan fingerprint density at radius 2 is 1.94 bits per heavy atom. The molecular weight excluding hydrogens is 254 g/mol. The van der Waals surface area contributed by atoms with E-state index in [-0.39, 0.29) is 5.69 Å². The lowest BCUT2D eigenvalue weighted by atomic mass is 10.0. The molecule has 0 aliphatic heterocycles. The van der Waals surface area contributed by atoms with Crippen LogP contribution in [0.2, 0.25) is 5.02 Å². The SMILES string of the molecule is O=Cc1cccc(-c2cc([N+](=O)[O-])ccc2Cl)c1. The van der Waals surface area contributed by atoms with Crippen LogP contribution in [0.5, 0.6) is 0 Å². The lowest BCUT2D eigenvalue weighted by Gasteiger charge is -2.05. The molecule has 90 valence electrons. The first-order valence-electron chi connectivity index (χ1n) is 5.11. The molecule has 0 saturated carbocycles. The Balaban J connectivity index is 2.58. The lowest BCUT2D eigenvalue weighted by molar-refractivity contribution is -0.384. The van der Waals surface area contributed by atoms with Crippen LogP contribution in [0.15, 0.2) is 42.5 Å². The van der Waals surface area contributed by atoms with Crippen LogP contribution < -0.4 is 0 Å². The predicted octanol–water partition coefficient (Wildman–Crippen LogP) is 3.73. The van der Waals surface area contributed by atoms with Gasteiger partial charge < -0.3 is 0 Å². The van der Waals surface area contributed by atoms with Gasteiger partial charge in [0.05, 0.1) is 4.92 Å². The van der Waals surface area contributed by atoms with Gasteiger partial charge in [-0.15, -0.1) is 0 Å². The van der Waals surface area contributed by atoms with Gasteiger partial charge in [0.15, 0.2) is 0 Å². The number of non-ortho nitro benzene ring substituents is 1. The van der Waals surface area contributed by atoms with Gasteiger partial charge in [0.2, 0.25) is 0 Å². The van der Waals surface area contributed by atoms with Crippen molar-refractivity contribution in [1.82, 2.24) is 0 Å². The zero-order chi connectivity index (χ0) is 13.1. The molecule has 0 unspecified atom stereocenters. The van der Waals surface area contributed by atoms with E-state index in [2.05, 4.69) is 0 Å². The number of nitrogens with zero attached hydrogens (tertiary/aromatic N) is 1. The molecule has 0 bridgehead atoms. The van der Waals surface area contributed by atoms with Crippen LogP contribution in [0.4, 0.5) is 5.69 Å². The van der Waals surface area contributed by atoms with Gasteiger partial charge in [0.1, 0.15) is 6.29 Å². The zero-order valence-electron chi connectivity index (χ0n) is 9.17. The highest BCUT2D eigenvalue weighted by Gasteiger charge is 2.11. The number of nitro groups is 1. The number of carbonyl (C=O) groups excluding carboxylic acids is 1. The zero-order valence-corrected chi connectivity index (χ0v) is 9.92. The quantitative estimate of drug-likeness (QED) is 0.480. The van der Waals surface area contributed by atoms with Crippen molar-refractivity contribution in [2.24, 2.45) is 0 Å². The van der Waals surface area contributed by atoms with E-state index in [9.17, 15) is 14.9 Å². The summed E-state index contributed by atoms with van der Waals surface area (Å²) in [5.41, 5.74) is 1.67. The van der Waals surface area contributed by atoms with Gasteiger partial charge in [0.25, 0.3) is 5.69 Å². The molecule has 0 aliphatic rings. The Kier molecular flexibility index (Phi) is 3.39. The number of benzene rings is 2. The Morgan fingerprint density at radius 3 is 2.61 bits per heavy atom. The number of carbonyl (C=O) groups is 1. The molecule has 4 nitrogen and oxygen atoms in total. The molecule has 2 rings (SSSR count). The van der Waals surface area contributed by atoms with Gasteiger partial charge in [0, 0.05) is 28.3 Å². The number of hydrogen-bond acceptors (Lipinski definition) is 3. The first-order chi connectivity index (χ1) is 8.61. The second-order valence-electron chi connectivity index (χ2n) is 3.66. The molecule has 2 aromatic carbocycles. The van der Waals surface area contributed by atoms with Crippen LogP contribution in [0.25, 0.3) is 11.1 Å². The van der Waals surface area contributed by atoms with Crippen LogP contribution in [-0.4, -0.2) is 11.2 Å². The standard InChI is InChI=1S/C13H8ClNO3/c14-13-5-4-11(15(17)18)7-12(13)10-3-1-2-9(6-10)8-16/h1-8H. The van der Waals surface area contributed by atoms with Crippen LogP contribution in [-0.2, 0) is 0 Å². The molecular formula is C13H8ClNO3. The smallest absolute Gasteiger partial charge is 0.270 e. The predicted molar refractivity (Wildman–Crippen MR) is 68.9 cm³/mol. The molecule has 0 amide bonds. The van der Waals surface area contributed by atoms with E-state index in [1.165, 1.54) is 18.2 Å². The second kappa shape index (κ2) is 4.98. The Labute approximate surface area is 108 Å². The summed E-state index contributed by atoms with van der Waals surface area (Å²) in [6.45, 7) is 0. The Morgan fingerprint density at radius 1 is 1.17 bits per heavy atom. The highest BCUT2D eigenvalue weighted by atomic mass is 35.5. The van der Waals surface area contributed by atoms with Crippen LogP contribution >= 0.6 is 11.6 Å². The topological polar surface area (TPSA) is 60.2 Å². The third-order valence-corrected chi connectivity index (χ3v) is 2.82. The normalized spacial score (nSPS) is 10.1. The van der Waals surface area contributed by atoms with Crippen molar-refractivity contribution in [1.29, 1.82) is 0 Å². The minimum absolute atomic E-state index is 0.0362. The molecule has 0 heterocycles. The van der Waals surface area contributed by atoms with Crippen molar-refractivity contribution >= 4 is 23.6 Å². The number of aldehydes is 1. The van der Waals surface area contributed by atoms with Crippen molar-refractivity contribution in [2.75, 3.05) is 0 Å². The largest absolute Gasteiger partial charge is 0.298 e. The fourth-order valence-electron chi connectivity index (χ4n) is 1.63. The second-order valence-corrected chi connectivity index (χ2v) is 4.07. The maximum atomic E-state index is 10.7. The van der Waals surface area contributed by atoms with Gasteiger partial charge in [-0.2, -0.15) is 0 Å². The van der Waals surface area contributed by atoms with Crippen LogP contribution in [0.1, 0.15) is 10.4 Å². The maximum Gasteiger partial charge on any atom is 0.270 e. The summed E-state index contributed by atoms with van der Waals surface area (Å²) in [6.07, 6.45) is 0.717. The van der Waals surface area contributed by atoms with E-state index >= 15 is 0 Å². The summed E-state index contributed by atoms with van der Waals surface area (Å²) in [6, 6.07) is 11.0. The molecule has 0 aromatic heterocycles. The van der Waals surface area contributed by atoms with E-state index in [1.54, 1.807) is 24.3 Å². The average molecular weight is 262 g/mol. The molecule has 5 heteroatoms. The third-order valence-electron chi connectivity index (χ3n) is 2.49. The molecule has 0 saturated heterocycles. The summed E-state index contributed by atoms with van der Waals surface area (Å²) >= 11 is 6.02. The summed E-state index contributed by atoms with van der Waals surface area (Å²) < 4.78 is 0. The number of hydrogen-bond donors (Lipinski definition) is 0. The Hall–Kier alpha value is -2.20. The number of rotatable bonds is 3. The summed E-state index contributed by atoms with van der Waals surface area (Å²) in [5, 5.41) is 11.1. The van der Waals surface area contributed by atoms with E-state index in [0.29, 0.717) is 21.7 Å². The first-order valence-corrected chi connectivity index (χ1v) is 5.49. The fraction of sp³-hybridized carbons (Fsp3) is 0. The molecule has 2 aromatic rings. The van der Waals surface area contributed by atoms with Gasteiger partial charge in [-0.3, -0.25) is 14.9 Å². The third kappa shape index (κ3) is 2.38. The molecule has 0 spiro atoms. The summed E-state index contributed by atoms with van der Waals surface area (Å²) in [7, 11) is 0. The van der Waals surface area contributed by atoms with E-state index in [0.717, 1.165) is 6.29 Å². The molecule has 18 heavy (non-hydrogen) atoms. The van der Waals surface area contributed by atoms with Gasteiger partial charge in [-0.1, -0.05) is 29.8 Å². The van der Waals surface area contributed by atoms with E-state index in [4.69, 9.17) is 11.6 Å². The summed E-state index contributed by atoms with van der Waals surface area (Å²) in [5.74, 6) is 0. The van der Waals surface area contributed by atoms with Gasteiger partial charge in [-0.25, -0.2) is 0 Å². The average Bonchev–Trinajstić information content (AvgIpc) is 2.39. The highest BCUT2D eigenvalue weighted by molar-refractivity contribution is 6.33. The van der Waals surface area contributed by atoms with Crippen LogP contribution in [0, 0.1) is 10.1 Å². The maximum absolute atomic E-state index is 10.7. The molecule has 0 fully saturated rings. The van der Waals surface area contributed by atoms with E-state index in [1.807, 2.05) is 0 Å². The lowest BCUT2D eigenvalue weighted by Crippen LogP contribution is -1.89. The first kappa shape index (κ1) is 12.3. The minimum atomic E-state index is -0.483. The van der Waals surface area contributed by atoms with Crippen LogP contribution in [0.3, 0.4) is 0 Å². The van der Waals surface area contributed by atoms with E-state index < -0.39 is 4.92 Å². The minimum Gasteiger partial charge on any atom is -0.298 e. The van der Waals surface area contributed by atoms with Crippen molar-refractivity contribution in [3.8, 4) is 11.1 Å². The van der Waals surface area contributed by atoms with Crippen molar-refractivity contribution in [3.05, 3.63) is 63.2 Å². The monoisotopic (exact) mass is 261 g/mol. The number of nitro benzene ring substituents is 1. The molecule has 0 aliphatic carbocycles. The van der Waals surface area contributed by atoms with Crippen molar-refractivity contribution < 1.29 is 9.72 Å². The fourth-order valence-corrected chi connectivity index (χ4v) is 1.85. The van der Waals surface area contributed by atoms with Crippen molar-refractivity contribution in [2.45, 2.75) is 0 Å². The molecule has 0 radical (unpaired) electrons. The highest BCUT2D eigenvalue weighted by Crippen LogP contribution is 2.31. The van der Waals surface area contributed by atoms with Gasteiger partial charge in [-0.05, 0) is 17.7 Å². The molecule has 0 atom stereocenters. The number of halogens is 1. The van der Waals surface area contributed by atoms with Gasteiger partial charge >= 0.3 is 0 Å². The Bertz CT molecular complexity index is 625. The molecule has 0 N–H and O–H groups in total. The summed E-state index contributed by atoms with van der Waals surface area (Å²) in [4.78, 5) is 21.0. The van der Waals surface area contributed by atoms with Crippen molar-refractivity contribution in [3.63, 3.8) is 0 Å².